The first-order valence-corrected chi connectivity index (χ1v) is 10.4. The quantitative estimate of drug-likeness (QED) is 0.646. The first-order chi connectivity index (χ1) is 13.9. The number of hydrogen-bond acceptors (Lipinski definition) is 4. The zero-order valence-corrected chi connectivity index (χ0v) is 17.3. The van der Waals surface area contributed by atoms with E-state index in [4.69, 9.17) is 4.74 Å². The summed E-state index contributed by atoms with van der Waals surface area (Å²) in [5, 5.41) is 7.61. The lowest BCUT2D eigenvalue weighted by atomic mass is 9.84. The Morgan fingerprint density at radius 1 is 1.24 bits per heavy atom. The van der Waals surface area contributed by atoms with Crippen molar-refractivity contribution in [2.45, 2.75) is 70.8 Å². The molecule has 0 aliphatic heterocycles. The number of nitrogens with zero attached hydrogens (tertiary/aromatic N) is 3. The van der Waals surface area contributed by atoms with E-state index < -0.39 is 11.8 Å². The number of fused-ring (bicyclic) bond motifs is 1. The maximum absolute atomic E-state index is 15.2. The summed E-state index contributed by atoms with van der Waals surface area (Å²) >= 11 is 0. The Bertz CT molecular complexity index is 829. The van der Waals surface area contributed by atoms with Crippen molar-refractivity contribution in [3.8, 4) is 0 Å². The number of carbonyl (C=O) groups is 1. The van der Waals surface area contributed by atoms with Crippen molar-refractivity contribution in [2.24, 2.45) is 13.0 Å². The summed E-state index contributed by atoms with van der Waals surface area (Å²) in [6.45, 7) is 3.95. The number of aryl methyl sites for hydroxylation is 1. The predicted octanol–water partition coefficient (Wildman–Crippen LogP) is 4.84. The minimum Gasteiger partial charge on any atom is -0.459 e. The SMILES string of the molecule is CCC(CC)OC(=O)c1ccc(CC2CCCCc3c(nnn3C)C2(F)F)cc1. The lowest BCUT2D eigenvalue weighted by molar-refractivity contribution is -0.0751. The number of carbonyl (C=O) groups excluding carboxylic acids is 1. The van der Waals surface area contributed by atoms with Crippen molar-refractivity contribution in [1.29, 1.82) is 0 Å². The van der Waals surface area contributed by atoms with Gasteiger partial charge in [-0.1, -0.05) is 37.6 Å². The number of benzene rings is 1. The standard InChI is InChI=1S/C22H29F2N3O2/c1-4-18(5-2)29-21(28)16-12-10-15(11-13-16)14-17-8-6-7-9-19-20(22(17,23)24)25-26-27(19)3/h10-13,17-18H,4-9,14H2,1-3H3. The third-order valence-corrected chi connectivity index (χ3v) is 5.84. The summed E-state index contributed by atoms with van der Waals surface area (Å²) in [6.07, 6.45) is 4.26. The van der Waals surface area contributed by atoms with E-state index in [1.54, 1.807) is 31.3 Å². The van der Waals surface area contributed by atoms with Gasteiger partial charge in [-0.05, 0) is 56.2 Å². The van der Waals surface area contributed by atoms with Crippen molar-refractivity contribution in [2.75, 3.05) is 0 Å². The highest BCUT2D eigenvalue weighted by atomic mass is 19.3. The highest BCUT2D eigenvalue weighted by Crippen LogP contribution is 2.42. The molecule has 0 saturated carbocycles. The molecule has 2 aromatic rings. The molecule has 0 saturated heterocycles. The van der Waals surface area contributed by atoms with Crippen LogP contribution in [-0.2, 0) is 30.5 Å². The van der Waals surface area contributed by atoms with Crippen molar-refractivity contribution in [1.82, 2.24) is 15.0 Å². The fourth-order valence-corrected chi connectivity index (χ4v) is 3.94. The normalized spacial score (nSPS) is 18.8. The molecule has 1 atom stereocenters. The number of ether oxygens (including phenoxy) is 1. The number of rotatable bonds is 6. The van der Waals surface area contributed by atoms with Gasteiger partial charge in [-0.15, -0.1) is 5.10 Å². The van der Waals surface area contributed by atoms with Crippen LogP contribution in [0.5, 0.6) is 0 Å². The molecule has 5 nitrogen and oxygen atoms in total. The Balaban J connectivity index is 1.74. The van der Waals surface area contributed by atoms with Crippen LogP contribution in [-0.4, -0.2) is 27.1 Å². The molecule has 158 valence electrons. The molecule has 1 aromatic heterocycles. The van der Waals surface area contributed by atoms with Crippen LogP contribution in [0.25, 0.3) is 0 Å². The van der Waals surface area contributed by atoms with Gasteiger partial charge in [0.15, 0.2) is 5.69 Å². The van der Waals surface area contributed by atoms with Gasteiger partial charge >= 0.3 is 5.97 Å². The molecule has 0 radical (unpaired) electrons. The summed E-state index contributed by atoms with van der Waals surface area (Å²) in [7, 11) is 1.66. The predicted molar refractivity (Wildman–Crippen MR) is 106 cm³/mol. The van der Waals surface area contributed by atoms with E-state index in [9.17, 15) is 4.79 Å². The minimum atomic E-state index is -3.03. The smallest absolute Gasteiger partial charge is 0.338 e. The topological polar surface area (TPSA) is 57.0 Å². The zero-order chi connectivity index (χ0) is 21.0. The maximum Gasteiger partial charge on any atom is 0.338 e. The summed E-state index contributed by atoms with van der Waals surface area (Å²) in [6, 6.07) is 6.82. The van der Waals surface area contributed by atoms with Crippen molar-refractivity contribution in [3.63, 3.8) is 0 Å². The Morgan fingerprint density at radius 3 is 2.59 bits per heavy atom. The highest BCUT2D eigenvalue weighted by Gasteiger charge is 2.46. The molecule has 0 bridgehead atoms. The third-order valence-electron chi connectivity index (χ3n) is 5.84. The van der Waals surface area contributed by atoms with Gasteiger partial charge in [-0.25, -0.2) is 4.79 Å². The average molecular weight is 405 g/mol. The van der Waals surface area contributed by atoms with E-state index in [1.165, 1.54) is 4.68 Å². The number of esters is 1. The molecule has 1 aliphatic rings. The zero-order valence-electron chi connectivity index (χ0n) is 17.3. The lowest BCUT2D eigenvalue weighted by Gasteiger charge is -2.28. The first kappa shape index (κ1) is 21.4. The van der Waals surface area contributed by atoms with Crippen molar-refractivity contribution >= 4 is 5.97 Å². The molecule has 0 spiro atoms. The second-order valence-electron chi connectivity index (χ2n) is 7.82. The fourth-order valence-electron chi connectivity index (χ4n) is 3.94. The molecular weight excluding hydrogens is 376 g/mol. The van der Waals surface area contributed by atoms with Gasteiger partial charge in [0.1, 0.15) is 6.10 Å². The summed E-state index contributed by atoms with van der Waals surface area (Å²) < 4.78 is 37.4. The second kappa shape index (κ2) is 9.01. The summed E-state index contributed by atoms with van der Waals surface area (Å²) in [4.78, 5) is 12.2. The molecule has 7 heteroatoms. The molecule has 29 heavy (non-hydrogen) atoms. The third kappa shape index (κ3) is 4.65. The molecule has 0 N–H and O–H groups in total. The maximum atomic E-state index is 15.2. The highest BCUT2D eigenvalue weighted by molar-refractivity contribution is 5.89. The van der Waals surface area contributed by atoms with Gasteiger partial charge in [-0.2, -0.15) is 8.78 Å². The first-order valence-electron chi connectivity index (χ1n) is 10.4. The van der Waals surface area contributed by atoms with E-state index >= 15 is 8.78 Å². The fraction of sp³-hybridized carbons (Fsp3) is 0.591. The van der Waals surface area contributed by atoms with Crippen LogP contribution in [0, 0.1) is 5.92 Å². The molecule has 0 amide bonds. The average Bonchev–Trinajstić information content (AvgIpc) is 3.08. The Labute approximate surface area is 170 Å². The van der Waals surface area contributed by atoms with Crippen LogP contribution < -0.4 is 0 Å². The van der Waals surface area contributed by atoms with Crippen LogP contribution in [0.15, 0.2) is 24.3 Å². The molecule has 1 aliphatic carbocycles. The molecule has 1 aromatic carbocycles. The molecule has 3 rings (SSSR count). The van der Waals surface area contributed by atoms with E-state index in [2.05, 4.69) is 10.3 Å². The van der Waals surface area contributed by atoms with Gasteiger partial charge in [0.05, 0.1) is 11.3 Å². The van der Waals surface area contributed by atoms with Gasteiger partial charge in [0, 0.05) is 13.0 Å². The Hall–Kier alpha value is -2.31. The number of hydrogen-bond donors (Lipinski definition) is 0. The molecule has 1 unspecified atom stereocenters. The summed E-state index contributed by atoms with van der Waals surface area (Å²) in [5.74, 6) is -4.25. The van der Waals surface area contributed by atoms with Crippen LogP contribution in [0.2, 0.25) is 0 Å². The van der Waals surface area contributed by atoms with Gasteiger partial charge in [0.25, 0.3) is 5.92 Å². The van der Waals surface area contributed by atoms with Crippen molar-refractivity contribution < 1.29 is 18.3 Å². The lowest BCUT2D eigenvalue weighted by Crippen LogP contribution is -2.31. The van der Waals surface area contributed by atoms with E-state index in [1.807, 2.05) is 13.8 Å². The Morgan fingerprint density at radius 2 is 1.93 bits per heavy atom. The van der Waals surface area contributed by atoms with E-state index in [0.29, 0.717) is 24.1 Å². The number of aromatic nitrogens is 3. The minimum absolute atomic E-state index is 0.100. The molecule has 1 heterocycles. The molecular formula is C22H29F2N3O2. The van der Waals surface area contributed by atoms with Crippen LogP contribution in [0.4, 0.5) is 8.78 Å². The monoisotopic (exact) mass is 405 g/mol. The second-order valence-corrected chi connectivity index (χ2v) is 7.82. The van der Waals surface area contributed by atoms with Crippen LogP contribution >= 0.6 is 0 Å². The van der Waals surface area contributed by atoms with Crippen molar-refractivity contribution in [3.05, 3.63) is 46.8 Å². The Kier molecular flexibility index (Phi) is 6.65. The number of alkyl halides is 2. The molecule has 0 fully saturated rings. The van der Waals surface area contributed by atoms with E-state index in [-0.39, 0.29) is 24.2 Å². The number of halogens is 2. The largest absolute Gasteiger partial charge is 0.459 e. The van der Waals surface area contributed by atoms with Crippen LogP contribution in [0.1, 0.15) is 73.3 Å². The van der Waals surface area contributed by atoms with Gasteiger partial charge in [-0.3, -0.25) is 4.68 Å². The van der Waals surface area contributed by atoms with Gasteiger partial charge in [0.2, 0.25) is 0 Å². The van der Waals surface area contributed by atoms with E-state index in [0.717, 1.165) is 31.2 Å². The summed E-state index contributed by atoms with van der Waals surface area (Å²) in [5.41, 5.74) is 1.57. The van der Waals surface area contributed by atoms with Gasteiger partial charge < -0.3 is 4.74 Å². The van der Waals surface area contributed by atoms with Crippen LogP contribution in [0.3, 0.4) is 0 Å².